The lowest BCUT2D eigenvalue weighted by Crippen LogP contribution is -2.36. The molecule has 3 N–H and O–H groups in total. The van der Waals surface area contributed by atoms with E-state index in [0.717, 1.165) is 22.2 Å². The first-order chi connectivity index (χ1) is 13.3. The first-order valence-electron chi connectivity index (χ1n) is 8.30. The summed E-state index contributed by atoms with van der Waals surface area (Å²) in [5, 5.41) is 28.7. The number of rotatable bonds is 7. The maximum Gasteiger partial charge on any atom is 0.323 e. The van der Waals surface area contributed by atoms with E-state index < -0.39 is 23.7 Å². The van der Waals surface area contributed by atoms with Crippen LogP contribution >= 0.6 is 24.0 Å². The highest BCUT2D eigenvalue weighted by atomic mass is 32.2. The predicted octanol–water partition coefficient (Wildman–Crippen LogP) is 2.53. The van der Waals surface area contributed by atoms with Crippen LogP contribution in [0.3, 0.4) is 0 Å². The predicted molar refractivity (Wildman–Crippen MR) is 108 cm³/mol. The van der Waals surface area contributed by atoms with E-state index in [1.165, 1.54) is 12.1 Å². The van der Waals surface area contributed by atoms with Crippen molar-refractivity contribution in [1.29, 1.82) is 0 Å². The smallest absolute Gasteiger partial charge is 0.323 e. The molecule has 1 aliphatic heterocycles. The fraction of sp³-hybridized carbons (Fsp3) is 0.211. The zero-order valence-electron chi connectivity index (χ0n) is 14.6. The fourth-order valence-electron chi connectivity index (χ4n) is 2.77. The number of benzene rings is 2. The maximum absolute atomic E-state index is 12.4. The van der Waals surface area contributed by atoms with Gasteiger partial charge in [-0.1, -0.05) is 54.3 Å². The first kappa shape index (κ1) is 20.0. The quantitative estimate of drug-likeness (QED) is 0.588. The average molecular weight is 419 g/mol. The minimum absolute atomic E-state index is 0.0407. The SMILES string of the molecule is O=C(O)CN1C(=O)C(Cc2cc(O)c(OCc3ccccc3)c(O)c2)SC1=S. The zero-order valence-corrected chi connectivity index (χ0v) is 16.2. The van der Waals surface area contributed by atoms with Crippen LogP contribution in [0.15, 0.2) is 42.5 Å². The number of thioether (sulfide) groups is 1. The van der Waals surface area contributed by atoms with E-state index in [9.17, 15) is 19.8 Å². The average Bonchev–Trinajstić information content (AvgIpc) is 2.89. The van der Waals surface area contributed by atoms with Crippen molar-refractivity contribution in [3.8, 4) is 17.2 Å². The van der Waals surface area contributed by atoms with E-state index in [0.29, 0.717) is 5.56 Å². The second-order valence-corrected chi connectivity index (χ2v) is 7.97. The zero-order chi connectivity index (χ0) is 20.3. The molecule has 7 nitrogen and oxygen atoms in total. The molecule has 28 heavy (non-hydrogen) atoms. The van der Waals surface area contributed by atoms with E-state index >= 15 is 0 Å². The van der Waals surface area contributed by atoms with Crippen molar-refractivity contribution < 1.29 is 29.6 Å². The van der Waals surface area contributed by atoms with Gasteiger partial charge in [0.1, 0.15) is 17.5 Å². The van der Waals surface area contributed by atoms with Crippen LogP contribution in [0.4, 0.5) is 0 Å². The van der Waals surface area contributed by atoms with Crippen LogP contribution in [-0.4, -0.2) is 48.2 Å². The number of carbonyl (C=O) groups is 2. The molecule has 0 bridgehead atoms. The number of carboxylic acid groups (broad SMARTS) is 1. The van der Waals surface area contributed by atoms with E-state index in [2.05, 4.69) is 0 Å². The molecular formula is C19H17NO6S2. The van der Waals surface area contributed by atoms with Gasteiger partial charge in [0, 0.05) is 0 Å². The van der Waals surface area contributed by atoms with Gasteiger partial charge in [-0.2, -0.15) is 0 Å². The van der Waals surface area contributed by atoms with E-state index in [1.807, 2.05) is 30.3 Å². The van der Waals surface area contributed by atoms with Crippen molar-refractivity contribution in [2.24, 2.45) is 0 Å². The molecule has 2 aromatic carbocycles. The molecule has 0 aliphatic carbocycles. The highest BCUT2D eigenvalue weighted by Crippen LogP contribution is 2.39. The summed E-state index contributed by atoms with van der Waals surface area (Å²) in [4.78, 5) is 24.3. The van der Waals surface area contributed by atoms with E-state index in [1.54, 1.807) is 0 Å². The van der Waals surface area contributed by atoms with Crippen LogP contribution in [0.5, 0.6) is 17.2 Å². The van der Waals surface area contributed by atoms with Crippen LogP contribution in [0.1, 0.15) is 11.1 Å². The van der Waals surface area contributed by atoms with E-state index in [-0.39, 0.29) is 34.6 Å². The van der Waals surface area contributed by atoms with Crippen LogP contribution in [-0.2, 0) is 22.6 Å². The molecule has 1 heterocycles. The lowest BCUT2D eigenvalue weighted by Gasteiger charge is -2.14. The summed E-state index contributed by atoms with van der Waals surface area (Å²) in [7, 11) is 0. The fourth-order valence-corrected chi connectivity index (χ4v) is 4.30. The summed E-state index contributed by atoms with van der Waals surface area (Å²) < 4.78 is 5.71. The van der Waals surface area contributed by atoms with Crippen molar-refractivity contribution in [3.05, 3.63) is 53.6 Å². The topological polar surface area (TPSA) is 107 Å². The monoisotopic (exact) mass is 419 g/mol. The lowest BCUT2D eigenvalue weighted by molar-refractivity contribution is -0.141. The number of carboxylic acids is 1. The number of carbonyl (C=O) groups excluding carboxylic acids is 1. The number of phenolic OH excluding ortho intramolecular Hbond substituents is 2. The van der Waals surface area contributed by atoms with Gasteiger partial charge in [-0.05, 0) is 29.7 Å². The molecule has 3 rings (SSSR count). The van der Waals surface area contributed by atoms with Crippen molar-refractivity contribution in [2.75, 3.05) is 6.54 Å². The first-order valence-corrected chi connectivity index (χ1v) is 9.59. The standard InChI is InChI=1S/C19H17NO6S2/c21-13-6-12(8-15-18(25)20(9-16(23)24)19(27)28-15)7-14(22)17(13)26-10-11-4-2-1-3-5-11/h1-7,15,21-22H,8-10H2,(H,23,24). The molecule has 2 aromatic rings. The van der Waals surface area contributed by atoms with Gasteiger partial charge in [-0.15, -0.1) is 0 Å². The van der Waals surface area contributed by atoms with Gasteiger partial charge in [-0.3, -0.25) is 14.5 Å². The molecule has 146 valence electrons. The Morgan fingerprint density at radius 2 is 1.79 bits per heavy atom. The van der Waals surface area contributed by atoms with Gasteiger partial charge in [0.2, 0.25) is 11.7 Å². The summed E-state index contributed by atoms with van der Waals surface area (Å²) >= 11 is 6.16. The van der Waals surface area contributed by atoms with Gasteiger partial charge >= 0.3 is 5.97 Å². The van der Waals surface area contributed by atoms with Gasteiger partial charge < -0.3 is 20.1 Å². The minimum Gasteiger partial charge on any atom is -0.504 e. The molecule has 1 aliphatic rings. The highest BCUT2D eigenvalue weighted by molar-refractivity contribution is 8.24. The largest absolute Gasteiger partial charge is 0.504 e. The molecule has 1 amide bonds. The number of aromatic hydroxyl groups is 2. The Balaban J connectivity index is 1.70. The minimum atomic E-state index is -1.15. The maximum atomic E-state index is 12.4. The number of amides is 1. The number of ether oxygens (including phenoxy) is 1. The third-order valence-electron chi connectivity index (χ3n) is 4.05. The molecule has 1 saturated heterocycles. The Hall–Kier alpha value is -2.78. The van der Waals surface area contributed by atoms with E-state index in [4.69, 9.17) is 22.1 Å². The number of thiocarbonyl (C=S) groups is 1. The number of phenols is 2. The lowest BCUT2D eigenvalue weighted by atomic mass is 10.1. The molecule has 9 heteroatoms. The summed E-state index contributed by atoms with van der Waals surface area (Å²) in [6, 6.07) is 12.1. The van der Waals surface area contributed by atoms with Crippen molar-refractivity contribution in [1.82, 2.24) is 4.90 Å². The Morgan fingerprint density at radius 3 is 2.39 bits per heavy atom. The van der Waals surface area contributed by atoms with Crippen LogP contribution in [0.25, 0.3) is 0 Å². The number of hydrogen-bond donors (Lipinski definition) is 3. The highest BCUT2D eigenvalue weighted by Gasteiger charge is 2.38. The summed E-state index contributed by atoms with van der Waals surface area (Å²) in [5.41, 5.74) is 1.39. The molecule has 1 unspecified atom stereocenters. The normalized spacial score (nSPS) is 16.4. The van der Waals surface area contributed by atoms with Crippen molar-refractivity contribution in [2.45, 2.75) is 18.3 Å². The summed E-state index contributed by atoms with van der Waals surface area (Å²) in [6.07, 6.45) is 0.180. The van der Waals surface area contributed by atoms with Crippen LogP contribution in [0, 0.1) is 0 Å². The summed E-state index contributed by atoms with van der Waals surface area (Å²) in [6.45, 7) is -0.305. The molecule has 0 radical (unpaired) electrons. The van der Waals surface area contributed by atoms with Crippen LogP contribution < -0.4 is 4.74 Å². The summed E-state index contributed by atoms with van der Waals surface area (Å²) in [5.74, 6) is -2.08. The molecule has 1 atom stereocenters. The number of nitrogens with zero attached hydrogens (tertiary/aromatic N) is 1. The van der Waals surface area contributed by atoms with Gasteiger partial charge in [0.15, 0.2) is 11.5 Å². The van der Waals surface area contributed by atoms with Gasteiger partial charge in [0.05, 0.1) is 5.25 Å². The van der Waals surface area contributed by atoms with Crippen LogP contribution in [0.2, 0.25) is 0 Å². The Kier molecular flexibility index (Phi) is 6.05. The molecule has 0 spiro atoms. The second kappa shape index (κ2) is 8.49. The van der Waals surface area contributed by atoms with Crippen molar-refractivity contribution in [3.63, 3.8) is 0 Å². The molecular weight excluding hydrogens is 402 g/mol. The second-order valence-electron chi connectivity index (χ2n) is 6.13. The van der Waals surface area contributed by atoms with Gasteiger partial charge in [-0.25, -0.2) is 0 Å². The third-order valence-corrected chi connectivity index (χ3v) is 5.64. The number of aliphatic carboxylic acids is 1. The van der Waals surface area contributed by atoms with Crippen molar-refractivity contribution >= 4 is 40.2 Å². The Labute approximate surface area is 170 Å². The Morgan fingerprint density at radius 1 is 1.14 bits per heavy atom. The number of hydrogen-bond acceptors (Lipinski definition) is 7. The molecule has 0 saturated carbocycles. The Bertz CT molecular complexity index is 895. The third kappa shape index (κ3) is 4.55. The molecule has 1 fully saturated rings. The van der Waals surface area contributed by atoms with Gasteiger partial charge in [0.25, 0.3) is 0 Å². The molecule has 0 aromatic heterocycles.